The molecular formula is C36H45O4P. The van der Waals surface area contributed by atoms with E-state index in [9.17, 15) is 0 Å². The van der Waals surface area contributed by atoms with Crippen LogP contribution in [-0.2, 0) is 34.9 Å². The molecule has 3 aliphatic rings. The van der Waals surface area contributed by atoms with Gasteiger partial charge in [-0.05, 0) is 55.2 Å². The van der Waals surface area contributed by atoms with Crippen LogP contribution >= 0.6 is 7.82 Å². The zero-order valence-electron chi connectivity index (χ0n) is 24.3. The van der Waals surface area contributed by atoms with Gasteiger partial charge in [0.25, 0.3) is 0 Å². The monoisotopic (exact) mass is 572 g/mol. The standard InChI is InChI=1S/C36H45O4P/c37-41(38-34(25-13-4-14-26-34)31-19-7-1-8-20-31,39-35(27-15-5-16-28-35)32-21-9-2-10-22-32)40-36(29-17-6-18-30-36)33-23-11-3-12-24-33/h1-3,7-12,19-24H,4-6,13-18,25-30H2. The fourth-order valence-electron chi connectivity index (χ4n) is 7.59. The number of phosphoric ester groups is 1. The summed E-state index contributed by atoms with van der Waals surface area (Å²) >= 11 is 0. The molecule has 0 unspecified atom stereocenters. The van der Waals surface area contributed by atoms with Crippen molar-refractivity contribution in [3.63, 3.8) is 0 Å². The molecule has 5 heteroatoms. The van der Waals surface area contributed by atoms with Crippen LogP contribution in [0.1, 0.15) is 113 Å². The highest BCUT2D eigenvalue weighted by Crippen LogP contribution is 2.67. The second-order valence-electron chi connectivity index (χ2n) is 12.5. The van der Waals surface area contributed by atoms with Crippen molar-refractivity contribution in [1.82, 2.24) is 0 Å². The van der Waals surface area contributed by atoms with Crippen molar-refractivity contribution in [2.45, 2.75) is 113 Å². The molecule has 0 atom stereocenters. The van der Waals surface area contributed by atoms with Crippen LogP contribution in [0.5, 0.6) is 0 Å². The van der Waals surface area contributed by atoms with E-state index in [-0.39, 0.29) is 0 Å². The van der Waals surface area contributed by atoms with Crippen molar-refractivity contribution < 1.29 is 18.1 Å². The average molecular weight is 573 g/mol. The normalized spacial score (nSPS) is 22.1. The predicted molar refractivity (Wildman–Crippen MR) is 164 cm³/mol. The minimum Gasteiger partial charge on any atom is -0.275 e. The Balaban J connectivity index is 1.46. The third kappa shape index (κ3) is 6.27. The van der Waals surface area contributed by atoms with Gasteiger partial charge in [-0.15, -0.1) is 0 Å². The topological polar surface area (TPSA) is 44.8 Å². The van der Waals surface area contributed by atoms with Crippen LogP contribution in [0.3, 0.4) is 0 Å². The van der Waals surface area contributed by atoms with Gasteiger partial charge in [-0.3, -0.25) is 13.6 Å². The zero-order valence-corrected chi connectivity index (χ0v) is 25.2. The molecule has 0 saturated heterocycles. The fourth-order valence-corrected chi connectivity index (χ4v) is 9.85. The number of benzene rings is 3. The van der Waals surface area contributed by atoms with Gasteiger partial charge in [0.2, 0.25) is 0 Å². The summed E-state index contributed by atoms with van der Waals surface area (Å²) in [6.07, 6.45) is 14.5. The summed E-state index contributed by atoms with van der Waals surface area (Å²) in [6, 6.07) is 31.2. The van der Waals surface area contributed by atoms with Gasteiger partial charge in [0.1, 0.15) is 16.8 Å². The van der Waals surface area contributed by atoms with Crippen molar-refractivity contribution in [1.29, 1.82) is 0 Å². The molecule has 3 aromatic carbocycles. The number of hydrogen-bond donors (Lipinski definition) is 0. The molecule has 0 amide bonds. The quantitative estimate of drug-likeness (QED) is 0.239. The molecule has 3 aromatic rings. The lowest BCUT2D eigenvalue weighted by Crippen LogP contribution is -2.39. The van der Waals surface area contributed by atoms with E-state index in [1.54, 1.807) is 0 Å². The summed E-state index contributed by atoms with van der Waals surface area (Å²) in [4.78, 5) is 0. The van der Waals surface area contributed by atoms with E-state index in [2.05, 4.69) is 72.8 Å². The van der Waals surface area contributed by atoms with Crippen molar-refractivity contribution in [3.05, 3.63) is 108 Å². The Morgan fingerprint density at radius 3 is 0.878 bits per heavy atom. The molecule has 3 fully saturated rings. The first-order valence-corrected chi connectivity index (χ1v) is 17.4. The molecule has 0 N–H and O–H groups in total. The maximum atomic E-state index is 15.7. The molecule has 218 valence electrons. The molecule has 0 aromatic heterocycles. The van der Waals surface area contributed by atoms with Crippen LogP contribution in [0.2, 0.25) is 0 Å². The molecule has 0 heterocycles. The Bertz CT molecular complexity index is 1110. The van der Waals surface area contributed by atoms with E-state index < -0.39 is 24.6 Å². The van der Waals surface area contributed by atoms with Gasteiger partial charge >= 0.3 is 7.82 Å². The first kappa shape index (κ1) is 28.9. The average Bonchev–Trinajstić information content (AvgIpc) is 3.03. The fraction of sp³-hybridized carbons (Fsp3) is 0.500. The van der Waals surface area contributed by atoms with Crippen LogP contribution in [0, 0.1) is 0 Å². The summed E-state index contributed by atoms with van der Waals surface area (Å²) in [6.45, 7) is 0. The molecule has 3 saturated carbocycles. The molecule has 0 spiro atoms. The third-order valence-electron chi connectivity index (χ3n) is 9.74. The Hall–Kier alpha value is -2.23. The maximum Gasteiger partial charge on any atom is 0.477 e. The lowest BCUT2D eigenvalue weighted by molar-refractivity contribution is -0.0996. The van der Waals surface area contributed by atoms with Gasteiger partial charge in [-0.25, -0.2) is 4.57 Å². The van der Waals surface area contributed by atoms with E-state index in [1.807, 2.05) is 18.2 Å². The highest BCUT2D eigenvalue weighted by Gasteiger charge is 2.53. The molecule has 3 aliphatic carbocycles. The van der Waals surface area contributed by atoms with Crippen LogP contribution in [0.15, 0.2) is 91.0 Å². The van der Waals surface area contributed by atoms with E-state index in [0.717, 1.165) is 113 Å². The van der Waals surface area contributed by atoms with Gasteiger partial charge in [0, 0.05) is 0 Å². The minimum atomic E-state index is -4.12. The van der Waals surface area contributed by atoms with Crippen molar-refractivity contribution in [2.24, 2.45) is 0 Å². The largest absolute Gasteiger partial charge is 0.477 e. The van der Waals surface area contributed by atoms with Gasteiger partial charge in [-0.2, -0.15) is 0 Å². The second-order valence-corrected chi connectivity index (χ2v) is 13.9. The van der Waals surface area contributed by atoms with E-state index in [0.29, 0.717) is 0 Å². The SMILES string of the molecule is O=P(OC1(c2ccccc2)CCCCC1)(OC1(c2ccccc2)CCCCC1)OC1(c2ccccc2)CCCCC1. The van der Waals surface area contributed by atoms with E-state index >= 15 is 4.57 Å². The summed E-state index contributed by atoms with van der Waals surface area (Å²) in [7, 11) is -4.12. The number of phosphoric acid groups is 1. The van der Waals surface area contributed by atoms with Gasteiger partial charge in [0.05, 0.1) is 0 Å². The summed E-state index contributed by atoms with van der Waals surface area (Å²) in [5.41, 5.74) is 1.11. The van der Waals surface area contributed by atoms with Crippen LogP contribution in [-0.4, -0.2) is 0 Å². The van der Waals surface area contributed by atoms with Gasteiger partial charge < -0.3 is 0 Å². The Kier molecular flexibility index (Phi) is 8.84. The first-order chi connectivity index (χ1) is 20.1. The Morgan fingerprint density at radius 2 is 0.634 bits per heavy atom. The summed E-state index contributed by atoms with van der Waals surface area (Å²) in [5.74, 6) is 0. The van der Waals surface area contributed by atoms with Crippen LogP contribution in [0.25, 0.3) is 0 Å². The molecular weight excluding hydrogens is 527 g/mol. The van der Waals surface area contributed by atoms with Gasteiger partial charge in [-0.1, -0.05) is 149 Å². The Morgan fingerprint density at radius 1 is 0.390 bits per heavy atom. The zero-order chi connectivity index (χ0) is 28.1. The molecule has 0 aliphatic heterocycles. The molecule has 6 rings (SSSR count). The lowest BCUT2D eigenvalue weighted by Gasteiger charge is -2.47. The van der Waals surface area contributed by atoms with E-state index in [1.165, 1.54) is 0 Å². The Labute approximate surface area is 246 Å². The molecule has 0 bridgehead atoms. The van der Waals surface area contributed by atoms with Crippen molar-refractivity contribution >= 4 is 7.82 Å². The lowest BCUT2D eigenvalue weighted by atomic mass is 9.80. The number of hydrogen-bond acceptors (Lipinski definition) is 4. The second kappa shape index (κ2) is 12.6. The predicted octanol–water partition coefficient (Wildman–Crippen LogP) is 10.7. The van der Waals surface area contributed by atoms with E-state index in [4.69, 9.17) is 13.6 Å². The summed E-state index contributed by atoms with van der Waals surface area (Å²) < 4.78 is 36.9. The minimum absolute atomic E-state index is 0.700. The van der Waals surface area contributed by atoms with Crippen molar-refractivity contribution in [2.75, 3.05) is 0 Å². The highest BCUT2D eigenvalue weighted by atomic mass is 31.2. The third-order valence-corrected chi connectivity index (χ3v) is 11.5. The van der Waals surface area contributed by atoms with Gasteiger partial charge in [0.15, 0.2) is 0 Å². The molecule has 0 radical (unpaired) electrons. The first-order valence-electron chi connectivity index (χ1n) is 15.9. The summed E-state index contributed by atoms with van der Waals surface area (Å²) in [5, 5.41) is 0. The smallest absolute Gasteiger partial charge is 0.275 e. The van der Waals surface area contributed by atoms with Crippen molar-refractivity contribution in [3.8, 4) is 0 Å². The highest BCUT2D eigenvalue weighted by molar-refractivity contribution is 7.48. The van der Waals surface area contributed by atoms with Crippen LogP contribution < -0.4 is 0 Å². The maximum absolute atomic E-state index is 15.7. The molecule has 4 nitrogen and oxygen atoms in total. The molecule has 41 heavy (non-hydrogen) atoms. The van der Waals surface area contributed by atoms with Crippen LogP contribution in [0.4, 0.5) is 0 Å². The number of rotatable bonds is 9.